The van der Waals surface area contributed by atoms with Crippen molar-refractivity contribution in [2.45, 2.75) is 0 Å². The zero-order chi connectivity index (χ0) is 13.3. The molecule has 18 heavy (non-hydrogen) atoms. The molecule has 0 aliphatic rings. The SMILES string of the molecule is O=C(O)c1ccnc(-c2ccc(Cl)c(Cl)c2)c1F. The summed E-state index contributed by atoms with van der Waals surface area (Å²) in [7, 11) is 0. The summed E-state index contributed by atoms with van der Waals surface area (Å²) in [6.07, 6.45) is 1.23. The van der Waals surface area contributed by atoms with E-state index in [1.807, 2.05) is 0 Å². The predicted molar refractivity (Wildman–Crippen MR) is 66.6 cm³/mol. The maximum atomic E-state index is 13.9. The number of nitrogens with zero attached hydrogens (tertiary/aromatic N) is 1. The number of carboxylic acids is 1. The van der Waals surface area contributed by atoms with Gasteiger partial charge in [-0.25, -0.2) is 9.18 Å². The van der Waals surface area contributed by atoms with E-state index in [9.17, 15) is 9.18 Å². The zero-order valence-electron chi connectivity index (χ0n) is 8.82. The first kappa shape index (κ1) is 12.8. The van der Waals surface area contributed by atoms with E-state index in [4.69, 9.17) is 28.3 Å². The van der Waals surface area contributed by atoms with Gasteiger partial charge >= 0.3 is 5.97 Å². The van der Waals surface area contributed by atoms with Gasteiger partial charge < -0.3 is 5.11 Å². The van der Waals surface area contributed by atoms with Gasteiger partial charge in [-0.15, -0.1) is 0 Å². The zero-order valence-corrected chi connectivity index (χ0v) is 10.3. The molecule has 0 aliphatic carbocycles. The third kappa shape index (κ3) is 2.30. The van der Waals surface area contributed by atoms with E-state index in [2.05, 4.69) is 4.98 Å². The van der Waals surface area contributed by atoms with Crippen molar-refractivity contribution < 1.29 is 14.3 Å². The minimum atomic E-state index is -1.35. The van der Waals surface area contributed by atoms with Gasteiger partial charge in [0.25, 0.3) is 0 Å². The summed E-state index contributed by atoms with van der Waals surface area (Å²) in [5.41, 5.74) is -0.149. The number of aromatic nitrogens is 1. The number of carboxylic acid groups (broad SMARTS) is 1. The van der Waals surface area contributed by atoms with Crippen molar-refractivity contribution in [2.75, 3.05) is 0 Å². The molecule has 0 unspecified atom stereocenters. The number of aromatic carboxylic acids is 1. The van der Waals surface area contributed by atoms with Crippen molar-refractivity contribution in [3.63, 3.8) is 0 Å². The Hall–Kier alpha value is -1.65. The van der Waals surface area contributed by atoms with Crippen LogP contribution in [0.4, 0.5) is 4.39 Å². The first-order chi connectivity index (χ1) is 8.50. The molecule has 1 aromatic carbocycles. The van der Waals surface area contributed by atoms with Crippen LogP contribution in [-0.2, 0) is 0 Å². The number of rotatable bonds is 2. The lowest BCUT2D eigenvalue weighted by atomic mass is 10.1. The van der Waals surface area contributed by atoms with Gasteiger partial charge in [0.05, 0.1) is 15.6 Å². The summed E-state index contributed by atoms with van der Waals surface area (Å²) in [6.45, 7) is 0. The highest BCUT2D eigenvalue weighted by Crippen LogP contribution is 2.29. The van der Waals surface area contributed by atoms with Crippen LogP contribution in [0.2, 0.25) is 10.0 Å². The highest BCUT2D eigenvalue weighted by atomic mass is 35.5. The van der Waals surface area contributed by atoms with Crippen molar-refractivity contribution in [3.05, 3.63) is 51.9 Å². The Morgan fingerprint density at radius 2 is 1.94 bits per heavy atom. The molecule has 0 atom stereocenters. The molecule has 0 amide bonds. The van der Waals surface area contributed by atoms with E-state index in [-0.39, 0.29) is 10.7 Å². The van der Waals surface area contributed by atoms with E-state index in [1.165, 1.54) is 24.4 Å². The standard InChI is InChI=1S/C12H6Cl2FNO2/c13-8-2-1-6(5-9(8)14)11-10(15)7(12(17)18)3-4-16-11/h1-5H,(H,17,18). The molecule has 2 aromatic rings. The van der Waals surface area contributed by atoms with Crippen molar-refractivity contribution in [2.24, 2.45) is 0 Å². The molecule has 3 nitrogen and oxygen atoms in total. The van der Waals surface area contributed by atoms with E-state index in [0.717, 1.165) is 6.07 Å². The minimum absolute atomic E-state index is 0.0755. The largest absolute Gasteiger partial charge is 0.478 e. The smallest absolute Gasteiger partial charge is 0.338 e. The third-order valence-corrected chi connectivity index (χ3v) is 3.05. The van der Waals surface area contributed by atoms with Crippen LogP contribution >= 0.6 is 23.2 Å². The van der Waals surface area contributed by atoms with E-state index in [0.29, 0.717) is 10.6 Å². The average molecular weight is 286 g/mol. The monoisotopic (exact) mass is 285 g/mol. The second kappa shape index (κ2) is 4.92. The lowest BCUT2D eigenvalue weighted by Gasteiger charge is -2.05. The van der Waals surface area contributed by atoms with Gasteiger partial charge in [-0.05, 0) is 18.2 Å². The van der Waals surface area contributed by atoms with Gasteiger partial charge in [0.15, 0.2) is 5.82 Å². The third-order valence-electron chi connectivity index (χ3n) is 2.31. The maximum absolute atomic E-state index is 13.9. The molecule has 1 aromatic heterocycles. The van der Waals surface area contributed by atoms with Crippen molar-refractivity contribution in [1.82, 2.24) is 4.98 Å². The summed E-state index contributed by atoms with van der Waals surface area (Å²) in [4.78, 5) is 14.6. The van der Waals surface area contributed by atoms with E-state index >= 15 is 0 Å². The Morgan fingerprint density at radius 3 is 2.56 bits per heavy atom. The second-order valence-electron chi connectivity index (χ2n) is 3.46. The van der Waals surface area contributed by atoms with Gasteiger partial charge in [0, 0.05) is 11.8 Å². The number of halogens is 3. The molecule has 0 bridgehead atoms. The lowest BCUT2D eigenvalue weighted by molar-refractivity contribution is 0.0692. The number of hydrogen-bond donors (Lipinski definition) is 1. The minimum Gasteiger partial charge on any atom is -0.478 e. The molecule has 0 spiro atoms. The molecule has 6 heteroatoms. The van der Waals surface area contributed by atoms with Gasteiger partial charge in [-0.2, -0.15) is 0 Å². The van der Waals surface area contributed by atoms with Crippen LogP contribution in [0, 0.1) is 5.82 Å². The Morgan fingerprint density at radius 1 is 1.22 bits per heavy atom. The molecular weight excluding hydrogens is 280 g/mol. The normalized spacial score (nSPS) is 10.4. The van der Waals surface area contributed by atoms with Crippen LogP contribution in [0.5, 0.6) is 0 Å². The van der Waals surface area contributed by atoms with Crippen LogP contribution in [-0.4, -0.2) is 16.1 Å². The summed E-state index contributed by atoms with van der Waals surface area (Å²) in [5, 5.41) is 9.40. The molecule has 1 heterocycles. The molecule has 0 aliphatic heterocycles. The Balaban J connectivity index is 2.60. The fraction of sp³-hybridized carbons (Fsp3) is 0. The first-order valence-corrected chi connectivity index (χ1v) is 5.59. The van der Waals surface area contributed by atoms with Crippen LogP contribution in [0.15, 0.2) is 30.5 Å². The Bertz CT molecular complexity index is 631. The molecule has 92 valence electrons. The highest BCUT2D eigenvalue weighted by Gasteiger charge is 2.16. The van der Waals surface area contributed by atoms with Crippen LogP contribution in [0.3, 0.4) is 0 Å². The molecule has 0 saturated carbocycles. The Kier molecular flexibility index (Phi) is 3.50. The molecule has 0 saturated heterocycles. The maximum Gasteiger partial charge on any atom is 0.338 e. The quantitative estimate of drug-likeness (QED) is 0.911. The van der Waals surface area contributed by atoms with Crippen molar-refractivity contribution in [1.29, 1.82) is 0 Å². The molecular formula is C12H6Cl2FNO2. The summed E-state index contributed by atoms with van der Waals surface area (Å²) < 4.78 is 13.9. The summed E-state index contributed by atoms with van der Waals surface area (Å²) in [5.74, 6) is -2.25. The summed E-state index contributed by atoms with van der Waals surface area (Å²) in [6, 6.07) is 5.54. The molecule has 2 rings (SSSR count). The van der Waals surface area contributed by atoms with Crippen LogP contribution in [0.1, 0.15) is 10.4 Å². The number of benzene rings is 1. The van der Waals surface area contributed by atoms with Crippen molar-refractivity contribution in [3.8, 4) is 11.3 Å². The molecule has 0 radical (unpaired) electrons. The molecule has 1 N–H and O–H groups in total. The lowest BCUT2D eigenvalue weighted by Crippen LogP contribution is -2.03. The molecule has 0 fully saturated rings. The highest BCUT2D eigenvalue weighted by molar-refractivity contribution is 6.42. The van der Waals surface area contributed by atoms with Crippen LogP contribution in [0.25, 0.3) is 11.3 Å². The fourth-order valence-electron chi connectivity index (χ4n) is 1.45. The van der Waals surface area contributed by atoms with Crippen LogP contribution < -0.4 is 0 Å². The van der Waals surface area contributed by atoms with Gasteiger partial charge in [-0.1, -0.05) is 29.3 Å². The number of hydrogen-bond acceptors (Lipinski definition) is 2. The summed E-state index contributed by atoms with van der Waals surface area (Å²) >= 11 is 11.6. The van der Waals surface area contributed by atoms with E-state index < -0.39 is 17.3 Å². The predicted octanol–water partition coefficient (Wildman–Crippen LogP) is 3.89. The van der Waals surface area contributed by atoms with Gasteiger partial charge in [-0.3, -0.25) is 4.98 Å². The van der Waals surface area contributed by atoms with Gasteiger partial charge in [0.1, 0.15) is 5.69 Å². The average Bonchev–Trinajstić information content (AvgIpc) is 2.33. The van der Waals surface area contributed by atoms with Crippen molar-refractivity contribution >= 4 is 29.2 Å². The van der Waals surface area contributed by atoms with Gasteiger partial charge in [0.2, 0.25) is 0 Å². The second-order valence-corrected chi connectivity index (χ2v) is 4.27. The van der Waals surface area contributed by atoms with E-state index in [1.54, 1.807) is 0 Å². The first-order valence-electron chi connectivity index (χ1n) is 4.84. The fourth-order valence-corrected chi connectivity index (χ4v) is 1.75. The number of carbonyl (C=O) groups is 1. The Labute approximate surface area is 112 Å². The topological polar surface area (TPSA) is 50.2 Å². The number of pyridine rings is 1.